The lowest BCUT2D eigenvalue weighted by Gasteiger charge is -2.27. The Labute approximate surface area is 122 Å². The summed E-state index contributed by atoms with van der Waals surface area (Å²) in [6.07, 6.45) is 2.88. The number of aliphatic hydroxyl groups excluding tert-OH is 1. The summed E-state index contributed by atoms with van der Waals surface area (Å²) in [7, 11) is 1.65. The summed E-state index contributed by atoms with van der Waals surface area (Å²) in [6.45, 7) is 8.32. The third-order valence-electron chi connectivity index (χ3n) is 3.63. The minimum Gasteiger partial charge on any atom is -0.497 e. The van der Waals surface area contributed by atoms with Gasteiger partial charge in [-0.15, -0.1) is 6.58 Å². The van der Waals surface area contributed by atoms with Gasteiger partial charge in [-0.25, -0.2) is 0 Å². The first-order chi connectivity index (χ1) is 9.62. The predicted molar refractivity (Wildman–Crippen MR) is 81.8 cm³/mol. The molecule has 0 spiro atoms. The molecule has 0 heterocycles. The molecule has 20 heavy (non-hydrogen) atoms. The van der Waals surface area contributed by atoms with E-state index in [0.717, 1.165) is 17.7 Å². The molecule has 3 nitrogen and oxygen atoms in total. The Kier molecular flexibility index (Phi) is 7.34. The molecule has 1 aromatic rings. The lowest BCUT2D eigenvalue weighted by Crippen LogP contribution is -2.30. The van der Waals surface area contributed by atoms with E-state index in [4.69, 9.17) is 9.47 Å². The molecule has 0 aliphatic rings. The first-order valence-electron chi connectivity index (χ1n) is 7.15. The zero-order chi connectivity index (χ0) is 15.0. The molecule has 0 saturated carbocycles. The van der Waals surface area contributed by atoms with Crippen molar-refractivity contribution in [3.8, 4) is 5.75 Å². The number of benzene rings is 1. The van der Waals surface area contributed by atoms with E-state index in [-0.39, 0.29) is 12.0 Å². The largest absolute Gasteiger partial charge is 0.497 e. The SMILES string of the molecule is C=CC[C@H](O)[C@@H](C)[C@@H](CC)OCc1ccc(OC)cc1. The molecular formula is C17H26O3. The van der Waals surface area contributed by atoms with Gasteiger partial charge in [0.2, 0.25) is 0 Å². The smallest absolute Gasteiger partial charge is 0.118 e. The normalized spacial score (nSPS) is 15.4. The molecule has 1 rings (SSSR count). The van der Waals surface area contributed by atoms with Crippen LogP contribution in [0.5, 0.6) is 5.75 Å². The number of rotatable bonds is 9. The van der Waals surface area contributed by atoms with Crippen LogP contribution in [-0.2, 0) is 11.3 Å². The highest BCUT2D eigenvalue weighted by molar-refractivity contribution is 5.26. The van der Waals surface area contributed by atoms with E-state index in [9.17, 15) is 5.11 Å². The van der Waals surface area contributed by atoms with Gasteiger partial charge in [0.05, 0.1) is 25.9 Å². The van der Waals surface area contributed by atoms with Gasteiger partial charge in [0.25, 0.3) is 0 Å². The van der Waals surface area contributed by atoms with Crippen molar-refractivity contribution in [1.82, 2.24) is 0 Å². The predicted octanol–water partition coefficient (Wildman–Crippen LogP) is 3.56. The summed E-state index contributed by atoms with van der Waals surface area (Å²) in [6, 6.07) is 7.85. The molecule has 0 aromatic heterocycles. The van der Waals surface area contributed by atoms with Crippen LogP contribution in [0.1, 0.15) is 32.3 Å². The van der Waals surface area contributed by atoms with Crippen molar-refractivity contribution in [3.05, 3.63) is 42.5 Å². The summed E-state index contributed by atoms with van der Waals surface area (Å²) < 4.78 is 11.1. The molecule has 3 heteroatoms. The van der Waals surface area contributed by atoms with Gasteiger partial charge in [-0.05, 0) is 30.5 Å². The lowest BCUT2D eigenvalue weighted by molar-refractivity contribution is -0.0387. The van der Waals surface area contributed by atoms with Gasteiger partial charge >= 0.3 is 0 Å². The van der Waals surface area contributed by atoms with E-state index in [1.165, 1.54) is 0 Å². The minimum absolute atomic E-state index is 0.0482. The van der Waals surface area contributed by atoms with E-state index in [2.05, 4.69) is 13.5 Å². The molecule has 0 saturated heterocycles. The number of hydrogen-bond donors (Lipinski definition) is 1. The highest BCUT2D eigenvalue weighted by Crippen LogP contribution is 2.20. The maximum atomic E-state index is 10.0. The Hall–Kier alpha value is -1.32. The molecule has 0 radical (unpaired) electrons. The standard InChI is InChI=1S/C17H26O3/c1-5-7-16(18)13(3)17(6-2)20-12-14-8-10-15(19-4)11-9-14/h5,8-11,13,16-18H,1,6-7,12H2,2-4H3/t13-,16+,17-/m1/s1. The van der Waals surface area contributed by atoms with Gasteiger partial charge in [0, 0.05) is 5.92 Å². The van der Waals surface area contributed by atoms with Crippen LogP contribution in [0.25, 0.3) is 0 Å². The Morgan fingerprint density at radius 3 is 2.45 bits per heavy atom. The Morgan fingerprint density at radius 1 is 1.30 bits per heavy atom. The number of aliphatic hydroxyl groups is 1. The van der Waals surface area contributed by atoms with Crippen molar-refractivity contribution >= 4 is 0 Å². The van der Waals surface area contributed by atoms with Crippen molar-refractivity contribution < 1.29 is 14.6 Å². The van der Waals surface area contributed by atoms with E-state index in [0.29, 0.717) is 13.0 Å². The van der Waals surface area contributed by atoms with E-state index in [1.54, 1.807) is 13.2 Å². The quantitative estimate of drug-likeness (QED) is 0.702. The highest BCUT2D eigenvalue weighted by Gasteiger charge is 2.22. The second kappa shape index (κ2) is 8.77. The zero-order valence-corrected chi connectivity index (χ0v) is 12.7. The molecule has 0 aliphatic heterocycles. The Balaban J connectivity index is 2.53. The van der Waals surface area contributed by atoms with Crippen LogP contribution in [0.2, 0.25) is 0 Å². The van der Waals surface area contributed by atoms with Crippen LogP contribution in [0.3, 0.4) is 0 Å². The third kappa shape index (κ3) is 4.99. The summed E-state index contributed by atoms with van der Waals surface area (Å²) >= 11 is 0. The fraction of sp³-hybridized carbons (Fsp3) is 0.529. The van der Waals surface area contributed by atoms with Crippen molar-refractivity contribution in [3.63, 3.8) is 0 Å². The van der Waals surface area contributed by atoms with Crippen LogP contribution in [0.15, 0.2) is 36.9 Å². The summed E-state index contributed by atoms with van der Waals surface area (Å²) in [5.74, 6) is 0.937. The van der Waals surface area contributed by atoms with Gasteiger partial charge in [-0.3, -0.25) is 0 Å². The van der Waals surface area contributed by atoms with Crippen LogP contribution < -0.4 is 4.74 Å². The van der Waals surface area contributed by atoms with Crippen LogP contribution >= 0.6 is 0 Å². The maximum absolute atomic E-state index is 10.0. The molecule has 0 aliphatic carbocycles. The molecule has 3 atom stereocenters. The second-order valence-corrected chi connectivity index (χ2v) is 5.06. The average Bonchev–Trinajstić information content (AvgIpc) is 2.48. The highest BCUT2D eigenvalue weighted by atomic mass is 16.5. The molecule has 1 N–H and O–H groups in total. The second-order valence-electron chi connectivity index (χ2n) is 5.06. The van der Waals surface area contributed by atoms with Crippen LogP contribution in [0.4, 0.5) is 0 Å². The van der Waals surface area contributed by atoms with Gasteiger partial charge < -0.3 is 14.6 Å². The van der Waals surface area contributed by atoms with Crippen LogP contribution in [-0.4, -0.2) is 24.4 Å². The third-order valence-corrected chi connectivity index (χ3v) is 3.63. The fourth-order valence-corrected chi connectivity index (χ4v) is 2.20. The maximum Gasteiger partial charge on any atom is 0.118 e. The Bertz CT molecular complexity index is 386. The van der Waals surface area contributed by atoms with Gasteiger partial charge in [0.15, 0.2) is 0 Å². The minimum atomic E-state index is -0.395. The molecule has 0 unspecified atom stereocenters. The average molecular weight is 278 g/mol. The van der Waals surface area contributed by atoms with Crippen molar-refractivity contribution in [2.24, 2.45) is 5.92 Å². The summed E-state index contributed by atoms with van der Waals surface area (Å²) in [5, 5.41) is 10.0. The van der Waals surface area contributed by atoms with E-state index < -0.39 is 6.10 Å². The fourth-order valence-electron chi connectivity index (χ4n) is 2.20. The number of hydrogen-bond acceptors (Lipinski definition) is 3. The molecule has 0 bridgehead atoms. The van der Waals surface area contributed by atoms with Gasteiger partial charge in [-0.2, -0.15) is 0 Å². The topological polar surface area (TPSA) is 38.7 Å². The first-order valence-corrected chi connectivity index (χ1v) is 7.15. The van der Waals surface area contributed by atoms with Crippen molar-refractivity contribution in [1.29, 1.82) is 0 Å². The molecule has 112 valence electrons. The monoisotopic (exact) mass is 278 g/mol. The first kappa shape index (κ1) is 16.7. The van der Waals surface area contributed by atoms with Crippen molar-refractivity contribution in [2.75, 3.05) is 7.11 Å². The van der Waals surface area contributed by atoms with Crippen LogP contribution in [0, 0.1) is 5.92 Å². The molecule has 0 amide bonds. The Morgan fingerprint density at radius 2 is 1.95 bits per heavy atom. The molecular weight excluding hydrogens is 252 g/mol. The van der Waals surface area contributed by atoms with E-state index >= 15 is 0 Å². The van der Waals surface area contributed by atoms with E-state index in [1.807, 2.05) is 31.2 Å². The number of methoxy groups -OCH3 is 1. The van der Waals surface area contributed by atoms with Gasteiger partial charge in [0.1, 0.15) is 5.75 Å². The van der Waals surface area contributed by atoms with Gasteiger partial charge in [-0.1, -0.05) is 32.1 Å². The zero-order valence-electron chi connectivity index (χ0n) is 12.7. The van der Waals surface area contributed by atoms with Crippen molar-refractivity contribution in [2.45, 2.75) is 45.5 Å². The summed E-state index contributed by atoms with van der Waals surface area (Å²) in [4.78, 5) is 0. The molecule has 1 aromatic carbocycles. The summed E-state index contributed by atoms with van der Waals surface area (Å²) in [5.41, 5.74) is 1.11. The lowest BCUT2D eigenvalue weighted by atomic mass is 9.94. The number of ether oxygens (including phenoxy) is 2. The molecule has 0 fully saturated rings.